The second-order valence-corrected chi connectivity index (χ2v) is 4.16. The van der Waals surface area contributed by atoms with Gasteiger partial charge in [0.05, 0.1) is 18.0 Å². The van der Waals surface area contributed by atoms with Crippen molar-refractivity contribution in [3.63, 3.8) is 0 Å². The molecule has 3 N–H and O–H groups in total. The van der Waals surface area contributed by atoms with Crippen LogP contribution >= 0.6 is 11.8 Å². The quantitative estimate of drug-likeness (QED) is 0.489. The average Bonchev–Trinajstić information content (AvgIpc) is 2.32. The van der Waals surface area contributed by atoms with E-state index < -0.39 is 28.9 Å². The van der Waals surface area contributed by atoms with Gasteiger partial charge in [-0.3, -0.25) is 4.79 Å². The lowest BCUT2D eigenvalue weighted by Gasteiger charge is -2.14. The molecule has 0 saturated carbocycles. The van der Waals surface area contributed by atoms with Gasteiger partial charge in [0, 0.05) is 6.92 Å². The number of esters is 1. The van der Waals surface area contributed by atoms with Crippen molar-refractivity contribution in [2.45, 2.75) is 29.8 Å². The van der Waals surface area contributed by atoms with Crippen LogP contribution in [0.4, 0.5) is 0 Å². The molecule has 1 saturated heterocycles. The molecule has 6 heteroatoms. The van der Waals surface area contributed by atoms with E-state index in [0.717, 1.165) is 11.8 Å². The van der Waals surface area contributed by atoms with Crippen LogP contribution in [0.2, 0.25) is 0 Å². The third-order valence-electron chi connectivity index (χ3n) is 1.78. The number of rotatable bonds is 2. The lowest BCUT2D eigenvalue weighted by molar-refractivity contribution is -0.147. The zero-order chi connectivity index (χ0) is 10.0. The average molecular weight is 208 g/mol. The molecule has 1 aliphatic heterocycles. The van der Waals surface area contributed by atoms with E-state index in [0.29, 0.717) is 0 Å². The summed E-state index contributed by atoms with van der Waals surface area (Å²) in [6.45, 7) is 0.979. The molecule has 1 aliphatic rings. The minimum Gasteiger partial charge on any atom is -0.449 e. The van der Waals surface area contributed by atoms with Gasteiger partial charge in [0.2, 0.25) is 0 Å². The maximum atomic E-state index is 10.6. The van der Waals surface area contributed by atoms with Crippen LogP contribution in [0.5, 0.6) is 0 Å². The van der Waals surface area contributed by atoms with E-state index in [1.807, 2.05) is 0 Å². The van der Waals surface area contributed by atoms with E-state index in [4.69, 9.17) is 9.84 Å². The maximum absolute atomic E-state index is 10.6. The zero-order valence-corrected chi connectivity index (χ0v) is 7.90. The first-order chi connectivity index (χ1) is 6.06. The fourth-order valence-corrected chi connectivity index (χ4v) is 2.39. The fourth-order valence-electron chi connectivity index (χ4n) is 1.13. The molecule has 4 atom stereocenters. The number of thioether (sulfide) groups is 1. The Morgan fingerprint density at radius 1 is 1.46 bits per heavy atom. The standard InChI is InChI=1S/C7H12O5S/c1-3(9)12-7-6(11)5(10)4(2-8)13-7/h4-8,10-11H,2H2,1H3/t4-,5-,6-,7?/m1/s1. The molecule has 0 bridgehead atoms. The lowest BCUT2D eigenvalue weighted by Crippen LogP contribution is -2.35. The van der Waals surface area contributed by atoms with Crippen LogP contribution in [0.3, 0.4) is 0 Å². The summed E-state index contributed by atoms with van der Waals surface area (Å²) < 4.78 is 4.73. The van der Waals surface area contributed by atoms with Crippen LogP contribution < -0.4 is 0 Å². The molecule has 0 aromatic carbocycles. The first-order valence-corrected chi connectivity index (χ1v) is 4.80. The maximum Gasteiger partial charge on any atom is 0.303 e. The van der Waals surface area contributed by atoms with E-state index in [1.165, 1.54) is 6.92 Å². The van der Waals surface area contributed by atoms with Crippen LogP contribution in [0.25, 0.3) is 0 Å². The van der Waals surface area contributed by atoms with Crippen LogP contribution in [-0.2, 0) is 9.53 Å². The molecule has 0 amide bonds. The SMILES string of the molecule is CC(=O)OC1S[C@H](CO)[C@@H](O)[C@H]1O. The van der Waals surface area contributed by atoms with Crippen LogP contribution in [0, 0.1) is 0 Å². The van der Waals surface area contributed by atoms with E-state index >= 15 is 0 Å². The number of carbonyl (C=O) groups is 1. The second kappa shape index (κ2) is 4.28. The Bertz CT molecular complexity index is 197. The molecule has 0 radical (unpaired) electrons. The monoisotopic (exact) mass is 208 g/mol. The molecule has 1 fully saturated rings. The van der Waals surface area contributed by atoms with Crippen molar-refractivity contribution in [1.29, 1.82) is 0 Å². The Balaban J connectivity index is 2.55. The Hall–Kier alpha value is -0.300. The lowest BCUT2D eigenvalue weighted by atomic mass is 10.1. The summed E-state index contributed by atoms with van der Waals surface area (Å²) in [7, 11) is 0. The molecule has 0 spiro atoms. The summed E-state index contributed by atoms with van der Waals surface area (Å²) in [5.41, 5.74) is -0.773. The molecule has 1 unspecified atom stereocenters. The summed E-state index contributed by atoms with van der Waals surface area (Å²) in [5.74, 6) is -0.512. The number of hydrogen-bond donors (Lipinski definition) is 3. The molecule has 0 aromatic rings. The molecular weight excluding hydrogens is 196 g/mol. The van der Waals surface area contributed by atoms with Crippen molar-refractivity contribution >= 4 is 17.7 Å². The van der Waals surface area contributed by atoms with Gasteiger partial charge in [0.1, 0.15) is 6.10 Å². The van der Waals surface area contributed by atoms with Gasteiger partial charge in [-0.05, 0) is 0 Å². The molecule has 1 heterocycles. The smallest absolute Gasteiger partial charge is 0.303 e. The molecule has 5 nitrogen and oxygen atoms in total. The summed E-state index contributed by atoms with van der Waals surface area (Å²) in [6.07, 6.45) is -2.16. The first-order valence-electron chi connectivity index (χ1n) is 3.86. The van der Waals surface area contributed by atoms with Gasteiger partial charge in [-0.15, -0.1) is 11.8 Å². The van der Waals surface area contributed by atoms with Gasteiger partial charge in [0.25, 0.3) is 0 Å². The summed E-state index contributed by atoms with van der Waals surface area (Å²) in [6, 6.07) is 0. The highest BCUT2D eigenvalue weighted by atomic mass is 32.2. The largest absolute Gasteiger partial charge is 0.449 e. The van der Waals surface area contributed by atoms with Gasteiger partial charge in [0.15, 0.2) is 5.44 Å². The van der Waals surface area contributed by atoms with Crippen molar-refractivity contribution in [3.05, 3.63) is 0 Å². The zero-order valence-electron chi connectivity index (χ0n) is 7.08. The molecule has 1 rings (SSSR count). The van der Waals surface area contributed by atoms with Crippen LogP contribution in [0.15, 0.2) is 0 Å². The summed E-state index contributed by atoms with van der Waals surface area (Å²) in [5, 5.41) is 27.0. The van der Waals surface area contributed by atoms with Gasteiger partial charge in [-0.25, -0.2) is 0 Å². The Morgan fingerprint density at radius 3 is 2.46 bits per heavy atom. The van der Waals surface area contributed by atoms with Crippen molar-refractivity contribution < 1.29 is 24.9 Å². The van der Waals surface area contributed by atoms with E-state index in [2.05, 4.69) is 0 Å². The fraction of sp³-hybridized carbons (Fsp3) is 0.857. The third-order valence-corrected chi connectivity index (χ3v) is 3.20. The van der Waals surface area contributed by atoms with Crippen molar-refractivity contribution in [1.82, 2.24) is 0 Å². The number of hydrogen-bond acceptors (Lipinski definition) is 6. The highest BCUT2D eigenvalue weighted by Gasteiger charge is 2.43. The predicted octanol–water partition coefficient (Wildman–Crippen LogP) is -1.29. The van der Waals surface area contributed by atoms with Gasteiger partial charge >= 0.3 is 5.97 Å². The predicted molar refractivity (Wildman–Crippen MR) is 46.0 cm³/mol. The third kappa shape index (κ3) is 2.34. The Kier molecular flexibility index (Phi) is 3.55. The Morgan fingerprint density at radius 2 is 2.08 bits per heavy atom. The van der Waals surface area contributed by atoms with Crippen molar-refractivity contribution in [2.24, 2.45) is 0 Å². The van der Waals surface area contributed by atoms with Gasteiger partial charge < -0.3 is 20.1 Å². The minimum absolute atomic E-state index is 0.249. The molecule has 0 aromatic heterocycles. The molecular formula is C7H12O5S. The second-order valence-electron chi connectivity index (χ2n) is 2.82. The van der Waals surface area contributed by atoms with Crippen LogP contribution in [0.1, 0.15) is 6.92 Å². The number of carbonyl (C=O) groups excluding carboxylic acids is 1. The highest BCUT2D eigenvalue weighted by Crippen LogP contribution is 2.34. The number of aliphatic hydroxyl groups excluding tert-OH is 3. The first kappa shape index (κ1) is 10.8. The highest BCUT2D eigenvalue weighted by molar-refractivity contribution is 8.00. The van der Waals surface area contributed by atoms with Gasteiger partial charge in [-0.1, -0.05) is 0 Å². The molecule has 0 aliphatic carbocycles. The summed E-state index contributed by atoms with van der Waals surface area (Å²) >= 11 is 1.06. The van der Waals surface area contributed by atoms with Gasteiger partial charge in [-0.2, -0.15) is 0 Å². The topological polar surface area (TPSA) is 87.0 Å². The summed E-state index contributed by atoms with van der Waals surface area (Å²) in [4.78, 5) is 10.6. The molecule has 13 heavy (non-hydrogen) atoms. The van der Waals surface area contributed by atoms with E-state index in [1.54, 1.807) is 0 Å². The van der Waals surface area contributed by atoms with E-state index in [-0.39, 0.29) is 6.61 Å². The Labute approximate surface area is 79.7 Å². The van der Waals surface area contributed by atoms with Crippen molar-refractivity contribution in [2.75, 3.05) is 6.61 Å². The number of aliphatic hydroxyl groups is 3. The van der Waals surface area contributed by atoms with E-state index in [9.17, 15) is 15.0 Å². The minimum atomic E-state index is -1.12. The number of ether oxygens (including phenoxy) is 1. The molecule has 76 valence electrons. The van der Waals surface area contributed by atoms with Crippen molar-refractivity contribution in [3.8, 4) is 0 Å². The normalized spacial score (nSPS) is 39.1. The van der Waals surface area contributed by atoms with Crippen LogP contribution in [-0.4, -0.2) is 50.8 Å².